The third-order valence-corrected chi connectivity index (χ3v) is 6.63. The molecular formula is C27H32BrNO3. The third-order valence-electron chi connectivity index (χ3n) is 6.10. The van der Waals surface area contributed by atoms with Crippen LogP contribution < -0.4 is 0 Å². The van der Waals surface area contributed by atoms with Crippen LogP contribution in [0.1, 0.15) is 51.2 Å². The summed E-state index contributed by atoms with van der Waals surface area (Å²) in [5.41, 5.74) is 3.51. The van der Waals surface area contributed by atoms with Crippen LogP contribution in [-0.4, -0.2) is 21.4 Å². The zero-order valence-electron chi connectivity index (χ0n) is 19.1. The molecule has 1 N–H and O–H groups in total. The van der Waals surface area contributed by atoms with Gasteiger partial charge in [0.2, 0.25) is 0 Å². The Labute approximate surface area is 198 Å². The van der Waals surface area contributed by atoms with Gasteiger partial charge in [-0.05, 0) is 54.5 Å². The molecule has 0 bridgehead atoms. The number of carboxylic acids is 1. The van der Waals surface area contributed by atoms with Crippen LogP contribution in [0, 0.1) is 17.8 Å². The molecule has 0 aliphatic carbocycles. The van der Waals surface area contributed by atoms with Crippen molar-refractivity contribution in [3.8, 4) is 0 Å². The summed E-state index contributed by atoms with van der Waals surface area (Å²) in [7, 11) is 0. The largest absolute Gasteiger partial charge is 0.481 e. The molecule has 0 fully saturated rings. The summed E-state index contributed by atoms with van der Waals surface area (Å²) in [6.07, 6.45) is 4.15. The van der Waals surface area contributed by atoms with Gasteiger partial charge in [-0.3, -0.25) is 9.59 Å². The highest BCUT2D eigenvalue weighted by molar-refractivity contribution is 9.10. The van der Waals surface area contributed by atoms with Gasteiger partial charge in [0, 0.05) is 40.5 Å². The minimum absolute atomic E-state index is 0.0605. The second-order valence-corrected chi connectivity index (χ2v) is 9.99. The maximum Gasteiger partial charge on any atom is 0.306 e. The predicted octanol–water partition coefficient (Wildman–Crippen LogP) is 6.73. The SMILES string of the molecule is CC[C@@H](Cc1cn(Cc2ccc(Br)cc2)c2ccccc12)C(=O)C[C@@H](CC(C)C)C(=O)O. The summed E-state index contributed by atoms with van der Waals surface area (Å²) in [6.45, 7) is 6.77. The van der Waals surface area contributed by atoms with E-state index in [0.717, 1.165) is 27.5 Å². The average molecular weight is 498 g/mol. The molecule has 4 nitrogen and oxygen atoms in total. The van der Waals surface area contributed by atoms with Crippen LogP contribution in [0.3, 0.4) is 0 Å². The first-order valence-corrected chi connectivity index (χ1v) is 12.1. The lowest BCUT2D eigenvalue weighted by atomic mass is 9.85. The van der Waals surface area contributed by atoms with E-state index >= 15 is 0 Å². The number of carbonyl (C=O) groups excluding carboxylic acids is 1. The normalized spacial score (nSPS) is 13.4. The second kappa shape index (κ2) is 11.0. The molecule has 3 rings (SSSR count). The Morgan fingerprint density at radius 3 is 2.34 bits per heavy atom. The predicted molar refractivity (Wildman–Crippen MR) is 133 cm³/mol. The molecule has 0 amide bonds. The Bertz CT molecular complexity index is 1070. The van der Waals surface area contributed by atoms with Gasteiger partial charge in [-0.25, -0.2) is 0 Å². The Morgan fingerprint density at radius 1 is 1.03 bits per heavy atom. The number of rotatable bonds is 11. The van der Waals surface area contributed by atoms with Crippen molar-refractivity contribution in [1.82, 2.24) is 4.57 Å². The zero-order chi connectivity index (χ0) is 23.3. The van der Waals surface area contributed by atoms with Crippen LogP contribution in [0.2, 0.25) is 0 Å². The van der Waals surface area contributed by atoms with Gasteiger partial charge >= 0.3 is 5.97 Å². The van der Waals surface area contributed by atoms with Crippen molar-refractivity contribution in [1.29, 1.82) is 0 Å². The lowest BCUT2D eigenvalue weighted by molar-refractivity contribution is -0.144. The summed E-state index contributed by atoms with van der Waals surface area (Å²) in [5.74, 6) is -1.33. The van der Waals surface area contributed by atoms with E-state index in [9.17, 15) is 14.7 Å². The van der Waals surface area contributed by atoms with Crippen molar-refractivity contribution in [2.75, 3.05) is 0 Å². The summed E-state index contributed by atoms with van der Waals surface area (Å²) in [6, 6.07) is 16.6. The van der Waals surface area contributed by atoms with E-state index in [1.165, 1.54) is 5.56 Å². The quantitative estimate of drug-likeness (QED) is 0.319. The van der Waals surface area contributed by atoms with Gasteiger partial charge in [-0.2, -0.15) is 0 Å². The monoisotopic (exact) mass is 497 g/mol. The molecule has 0 aliphatic rings. The smallest absolute Gasteiger partial charge is 0.306 e. The molecule has 0 unspecified atom stereocenters. The Hall–Kier alpha value is -2.40. The molecule has 2 atom stereocenters. The molecule has 3 aromatic rings. The number of benzene rings is 2. The molecule has 0 saturated carbocycles. The zero-order valence-corrected chi connectivity index (χ0v) is 20.6. The first-order chi connectivity index (χ1) is 15.3. The van der Waals surface area contributed by atoms with E-state index in [-0.39, 0.29) is 24.0 Å². The van der Waals surface area contributed by atoms with Crippen molar-refractivity contribution >= 4 is 38.6 Å². The molecule has 0 radical (unpaired) electrons. The van der Waals surface area contributed by atoms with Gasteiger partial charge in [-0.1, -0.05) is 67.0 Å². The number of halogens is 1. The van der Waals surface area contributed by atoms with Crippen LogP contribution in [0.25, 0.3) is 10.9 Å². The molecule has 32 heavy (non-hydrogen) atoms. The molecule has 0 saturated heterocycles. The van der Waals surface area contributed by atoms with Crippen LogP contribution >= 0.6 is 15.9 Å². The highest BCUT2D eigenvalue weighted by Crippen LogP contribution is 2.28. The van der Waals surface area contributed by atoms with Crippen molar-refractivity contribution in [3.05, 3.63) is 70.3 Å². The maximum absolute atomic E-state index is 13.1. The first-order valence-electron chi connectivity index (χ1n) is 11.3. The van der Waals surface area contributed by atoms with Gasteiger partial charge in [0.25, 0.3) is 0 Å². The van der Waals surface area contributed by atoms with E-state index in [2.05, 4.69) is 51.0 Å². The van der Waals surface area contributed by atoms with E-state index < -0.39 is 11.9 Å². The number of Topliss-reactive ketones (excluding diaryl/α,β-unsaturated/α-hetero) is 1. The van der Waals surface area contributed by atoms with Gasteiger partial charge in [-0.15, -0.1) is 0 Å². The fourth-order valence-corrected chi connectivity index (χ4v) is 4.67. The minimum atomic E-state index is -0.868. The summed E-state index contributed by atoms with van der Waals surface area (Å²) < 4.78 is 3.30. The van der Waals surface area contributed by atoms with Crippen molar-refractivity contribution in [3.63, 3.8) is 0 Å². The third kappa shape index (κ3) is 6.10. The van der Waals surface area contributed by atoms with Crippen LogP contribution in [-0.2, 0) is 22.6 Å². The van der Waals surface area contributed by atoms with Crippen molar-refractivity contribution in [2.45, 2.75) is 53.0 Å². The molecule has 5 heteroatoms. The number of aromatic nitrogens is 1. The summed E-state index contributed by atoms with van der Waals surface area (Å²) >= 11 is 3.49. The fourth-order valence-electron chi connectivity index (χ4n) is 4.40. The number of carboxylic acid groups (broad SMARTS) is 1. The fraction of sp³-hybridized carbons (Fsp3) is 0.407. The highest BCUT2D eigenvalue weighted by Gasteiger charge is 2.27. The summed E-state index contributed by atoms with van der Waals surface area (Å²) in [5, 5.41) is 10.7. The first kappa shape index (κ1) is 24.2. The van der Waals surface area contributed by atoms with Crippen LogP contribution in [0.5, 0.6) is 0 Å². The van der Waals surface area contributed by atoms with E-state index in [1.807, 2.05) is 45.0 Å². The van der Waals surface area contributed by atoms with Crippen LogP contribution in [0.4, 0.5) is 0 Å². The van der Waals surface area contributed by atoms with Crippen molar-refractivity contribution < 1.29 is 14.7 Å². The van der Waals surface area contributed by atoms with Gasteiger partial charge in [0.1, 0.15) is 5.78 Å². The number of hydrogen-bond acceptors (Lipinski definition) is 2. The van der Waals surface area contributed by atoms with Gasteiger partial charge in [0.15, 0.2) is 0 Å². The second-order valence-electron chi connectivity index (χ2n) is 9.07. The molecule has 0 aliphatic heterocycles. The molecule has 0 spiro atoms. The molecule has 2 aromatic carbocycles. The lowest BCUT2D eigenvalue weighted by Gasteiger charge is -2.18. The Morgan fingerprint density at radius 2 is 1.72 bits per heavy atom. The molecule has 170 valence electrons. The van der Waals surface area contributed by atoms with E-state index in [0.29, 0.717) is 19.3 Å². The number of ketones is 1. The maximum atomic E-state index is 13.1. The van der Waals surface area contributed by atoms with E-state index in [1.54, 1.807) is 0 Å². The van der Waals surface area contributed by atoms with Crippen molar-refractivity contribution in [2.24, 2.45) is 17.8 Å². The van der Waals surface area contributed by atoms with Crippen LogP contribution in [0.15, 0.2) is 59.2 Å². The topological polar surface area (TPSA) is 59.3 Å². The highest BCUT2D eigenvalue weighted by atomic mass is 79.9. The van der Waals surface area contributed by atoms with Gasteiger partial charge < -0.3 is 9.67 Å². The molecule has 1 heterocycles. The summed E-state index contributed by atoms with van der Waals surface area (Å²) in [4.78, 5) is 24.7. The number of para-hydroxylation sites is 1. The number of aliphatic carboxylic acids is 1. The number of carbonyl (C=O) groups is 2. The Kier molecular flexibility index (Phi) is 8.30. The number of nitrogens with zero attached hydrogens (tertiary/aromatic N) is 1. The average Bonchev–Trinajstić information content (AvgIpc) is 3.10. The minimum Gasteiger partial charge on any atom is -0.481 e. The number of hydrogen-bond donors (Lipinski definition) is 1. The lowest BCUT2D eigenvalue weighted by Crippen LogP contribution is -2.25. The van der Waals surface area contributed by atoms with E-state index in [4.69, 9.17) is 0 Å². The number of fused-ring (bicyclic) bond motifs is 1. The molecular weight excluding hydrogens is 466 g/mol. The molecule has 1 aromatic heterocycles. The van der Waals surface area contributed by atoms with Gasteiger partial charge in [0.05, 0.1) is 5.92 Å². The standard InChI is InChI=1S/C27H32BrNO3/c1-4-20(26(30)15-21(27(31)32)13-18(2)3)14-22-17-29(25-8-6-5-7-24(22)25)16-19-9-11-23(28)12-10-19/h5-12,17-18,20-21H,4,13-16H2,1-3H3,(H,31,32)/t20-,21+/m0/s1. The Balaban J connectivity index is 1.82.